The van der Waals surface area contributed by atoms with Crippen molar-refractivity contribution < 1.29 is 5.11 Å². The van der Waals surface area contributed by atoms with E-state index in [1.165, 1.54) is 44.9 Å². The second kappa shape index (κ2) is 2.06. The van der Waals surface area contributed by atoms with Crippen LogP contribution >= 0.6 is 0 Å². The molecule has 1 nitrogen and oxygen atoms in total. The zero-order valence-corrected chi connectivity index (χ0v) is 7.68. The Hall–Kier alpha value is -0.0400. The van der Waals surface area contributed by atoms with Crippen LogP contribution in [0.3, 0.4) is 0 Å². The molecule has 3 aliphatic rings. The van der Waals surface area contributed by atoms with Crippen molar-refractivity contribution in [2.24, 2.45) is 10.8 Å². The van der Waals surface area contributed by atoms with Gasteiger partial charge in [0.15, 0.2) is 0 Å². The highest BCUT2D eigenvalue weighted by atomic mass is 16.3. The zero-order chi connectivity index (χ0) is 8.23. The van der Waals surface area contributed by atoms with Crippen LogP contribution in [0.2, 0.25) is 0 Å². The highest BCUT2D eigenvalue weighted by molar-refractivity contribution is 5.21. The van der Waals surface area contributed by atoms with E-state index >= 15 is 0 Å². The molecule has 0 radical (unpaired) electrons. The van der Waals surface area contributed by atoms with Crippen molar-refractivity contribution in [3.05, 3.63) is 0 Å². The summed E-state index contributed by atoms with van der Waals surface area (Å²) in [5.74, 6) is 0. The number of hydrogen-bond donors (Lipinski definition) is 1. The van der Waals surface area contributed by atoms with Crippen LogP contribution in [0.15, 0.2) is 0 Å². The third-order valence-electron chi connectivity index (χ3n) is 4.88. The fourth-order valence-electron chi connectivity index (χ4n) is 4.17. The van der Waals surface area contributed by atoms with Crippen LogP contribution in [0.25, 0.3) is 0 Å². The molecular weight excluding hydrogens is 148 g/mol. The Labute approximate surface area is 74.2 Å². The molecule has 0 amide bonds. The molecule has 1 N–H and O–H groups in total. The normalized spacial score (nSPS) is 57.2. The summed E-state index contributed by atoms with van der Waals surface area (Å²) in [6, 6.07) is 0. The van der Waals surface area contributed by atoms with E-state index in [0.717, 1.165) is 6.42 Å². The number of aliphatic hydroxyl groups excluding tert-OH is 1. The Morgan fingerprint density at radius 2 is 1.83 bits per heavy atom. The van der Waals surface area contributed by atoms with Gasteiger partial charge in [0.25, 0.3) is 0 Å². The van der Waals surface area contributed by atoms with Crippen molar-refractivity contribution in [2.45, 2.75) is 57.5 Å². The zero-order valence-electron chi connectivity index (χ0n) is 7.68. The third kappa shape index (κ3) is 0.654. The molecule has 0 spiro atoms. The highest BCUT2D eigenvalue weighted by Crippen LogP contribution is 2.78. The van der Waals surface area contributed by atoms with Crippen LogP contribution in [0, 0.1) is 10.8 Å². The molecule has 3 atom stereocenters. The molecule has 0 aromatic rings. The SMILES string of the molecule is O[C@H]1CCCC[C@]23CCC[C@]12C3. The van der Waals surface area contributed by atoms with E-state index in [-0.39, 0.29) is 6.10 Å². The Bertz CT molecular complexity index is 209. The van der Waals surface area contributed by atoms with Gasteiger partial charge in [-0.2, -0.15) is 0 Å². The average molecular weight is 166 g/mol. The Morgan fingerprint density at radius 3 is 2.75 bits per heavy atom. The molecular formula is C11H18O. The minimum Gasteiger partial charge on any atom is -0.393 e. The molecule has 0 saturated heterocycles. The third-order valence-corrected chi connectivity index (χ3v) is 4.88. The molecule has 0 unspecified atom stereocenters. The van der Waals surface area contributed by atoms with Crippen molar-refractivity contribution in [2.75, 3.05) is 0 Å². The summed E-state index contributed by atoms with van der Waals surface area (Å²) in [7, 11) is 0. The van der Waals surface area contributed by atoms with E-state index in [1.807, 2.05) is 0 Å². The second-order valence-corrected chi connectivity index (χ2v) is 5.23. The quantitative estimate of drug-likeness (QED) is 0.586. The minimum atomic E-state index is 0.0579. The fourth-order valence-corrected chi connectivity index (χ4v) is 4.17. The van der Waals surface area contributed by atoms with Gasteiger partial charge in [-0.25, -0.2) is 0 Å². The first-order valence-electron chi connectivity index (χ1n) is 5.47. The van der Waals surface area contributed by atoms with Gasteiger partial charge in [-0.3, -0.25) is 0 Å². The predicted molar refractivity (Wildman–Crippen MR) is 47.8 cm³/mol. The van der Waals surface area contributed by atoms with Crippen LogP contribution in [0.1, 0.15) is 51.4 Å². The van der Waals surface area contributed by atoms with Crippen LogP contribution in [0.5, 0.6) is 0 Å². The van der Waals surface area contributed by atoms with Crippen LogP contribution in [-0.4, -0.2) is 11.2 Å². The van der Waals surface area contributed by atoms with Gasteiger partial charge in [-0.15, -0.1) is 0 Å². The van der Waals surface area contributed by atoms with Gasteiger partial charge in [-0.1, -0.05) is 19.3 Å². The van der Waals surface area contributed by atoms with E-state index in [0.29, 0.717) is 10.8 Å². The summed E-state index contributed by atoms with van der Waals surface area (Å²) in [6.07, 6.45) is 10.7. The monoisotopic (exact) mass is 166 g/mol. The van der Waals surface area contributed by atoms with Crippen molar-refractivity contribution in [1.82, 2.24) is 0 Å². The average Bonchev–Trinajstić information content (AvgIpc) is 2.60. The van der Waals surface area contributed by atoms with Gasteiger partial charge in [0, 0.05) is 5.41 Å². The molecule has 3 aliphatic carbocycles. The highest BCUT2D eigenvalue weighted by Gasteiger charge is 2.71. The smallest absolute Gasteiger partial charge is 0.0602 e. The Kier molecular flexibility index (Phi) is 1.27. The largest absolute Gasteiger partial charge is 0.393 e. The Balaban J connectivity index is 1.94. The molecule has 0 aromatic heterocycles. The summed E-state index contributed by atoms with van der Waals surface area (Å²) < 4.78 is 0. The summed E-state index contributed by atoms with van der Waals surface area (Å²) in [4.78, 5) is 0. The van der Waals surface area contributed by atoms with Gasteiger partial charge in [0.1, 0.15) is 0 Å². The van der Waals surface area contributed by atoms with E-state index in [4.69, 9.17) is 0 Å². The molecule has 1 heteroatoms. The first-order valence-corrected chi connectivity index (χ1v) is 5.47. The minimum absolute atomic E-state index is 0.0579. The molecule has 3 saturated carbocycles. The van der Waals surface area contributed by atoms with Gasteiger partial charge in [0.05, 0.1) is 6.10 Å². The maximum atomic E-state index is 10.1. The number of aliphatic hydroxyl groups is 1. The topological polar surface area (TPSA) is 20.2 Å². The van der Waals surface area contributed by atoms with E-state index in [9.17, 15) is 5.11 Å². The van der Waals surface area contributed by atoms with Crippen molar-refractivity contribution in [3.8, 4) is 0 Å². The van der Waals surface area contributed by atoms with Crippen LogP contribution < -0.4 is 0 Å². The molecule has 0 aromatic carbocycles. The summed E-state index contributed by atoms with van der Waals surface area (Å²) >= 11 is 0. The van der Waals surface area contributed by atoms with E-state index < -0.39 is 0 Å². The van der Waals surface area contributed by atoms with E-state index in [1.54, 1.807) is 0 Å². The van der Waals surface area contributed by atoms with Gasteiger partial charge in [0.2, 0.25) is 0 Å². The van der Waals surface area contributed by atoms with Gasteiger partial charge >= 0.3 is 0 Å². The molecule has 0 aliphatic heterocycles. The first-order chi connectivity index (χ1) is 5.79. The summed E-state index contributed by atoms with van der Waals surface area (Å²) in [5, 5.41) is 10.1. The lowest BCUT2D eigenvalue weighted by Gasteiger charge is -2.20. The first kappa shape index (κ1) is 7.37. The number of rotatable bonds is 0. The summed E-state index contributed by atoms with van der Waals surface area (Å²) in [5.41, 5.74) is 1.08. The van der Waals surface area contributed by atoms with Crippen LogP contribution in [0.4, 0.5) is 0 Å². The maximum absolute atomic E-state index is 10.1. The molecule has 3 rings (SSSR count). The van der Waals surface area contributed by atoms with Gasteiger partial charge < -0.3 is 5.11 Å². The van der Waals surface area contributed by atoms with Crippen molar-refractivity contribution in [1.29, 1.82) is 0 Å². The molecule has 0 bridgehead atoms. The lowest BCUT2D eigenvalue weighted by Crippen LogP contribution is -2.22. The fraction of sp³-hybridized carbons (Fsp3) is 1.00. The standard InChI is InChI=1S/C11H18O/c12-9-4-1-2-5-10-6-3-7-11(9,10)8-10/h9,12H,1-8H2/t9-,10+,11-/m0/s1. The molecule has 12 heavy (non-hydrogen) atoms. The molecule has 68 valence electrons. The maximum Gasteiger partial charge on any atom is 0.0602 e. The molecule has 3 fully saturated rings. The van der Waals surface area contributed by atoms with Crippen molar-refractivity contribution in [3.63, 3.8) is 0 Å². The lowest BCUT2D eigenvalue weighted by atomic mass is 9.89. The Morgan fingerprint density at radius 1 is 1.00 bits per heavy atom. The van der Waals surface area contributed by atoms with Gasteiger partial charge in [-0.05, 0) is 37.5 Å². The van der Waals surface area contributed by atoms with Crippen molar-refractivity contribution >= 4 is 0 Å². The second-order valence-electron chi connectivity index (χ2n) is 5.23. The lowest BCUT2D eigenvalue weighted by molar-refractivity contribution is 0.0734. The van der Waals surface area contributed by atoms with E-state index in [2.05, 4.69) is 0 Å². The van der Waals surface area contributed by atoms with Crippen LogP contribution in [-0.2, 0) is 0 Å². The number of hydrogen-bond acceptors (Lipinski definition) is 1. The summed E-state index contributed by atoms with van der Waals surface area (Å²) in [6.45, 7) is 0. The molecule has 0 heterocycles. The predicted octanol–water partition coefficient (Wildman–Crippen LogP) is 2.48.